The van der Waals surface area contributed by atoms with Crippen LogP contribution in [0, 0.1) is 6.92 Å². The molecule has 0 aliphatic heterocycles. The van der Waals surface area contributed by atoms with Crippen LogP contribution in [0.4, 0.5) is 10.8 Å². The zero-order chi connectivity index (χ0) is 20.1. The number of ether oxygens (including phenoxy) is 1. The summed E-state index contributed by atoms with van der Waals surface area (Å²) in [5, 5.41) is 5.44. The second-order valence-corrected chi connectivity index (χ2v) is 7.71. The monoisotopic (exact) mass is 395 g/mol. The van der Waals surface area contributed by atoms with Crippen molar-refractivity contribution < 1.29 is 9.53 Å². The number of aromatic nitrogens is 1. The maximum absolute atomic E-state index is 12.3. The summed E-state index contributed by atoms with van der Waals surface area (Å²) in [4.78, 5) is 18.9. The van der Waals surface area contributed by atoms with E-state index in [4.69, 9.17) is 4.74 Å². The van der Waals surface area contributed by atoms with Crippen LogP contribution in [0.2, 0.25) is 0 Å². The van der Waals surface area contributed by atoms with Crippen molar-refractivity contribution in [2.24, 2.45) is 0 Å². The Balaban J connectivity index is 1.60. The molecule has 1 N–H and O–H groups in total. The third-order valence-electron chi connectivity index (χ3n) is 4.47. The predicted molar refractivity (Wildman–Crippen MR) is 117 cm³/mol. The van der Waals surface area contributed by atoms with E-state index in [1.54, 1.807) is 7.11 Å². The average molecular weight is 396 g/mol. The minimum atomic E-state index is -0.0335. The zero-order valence-corrected chi connectivity index (χ0v) is 17.5. The van der Waals surface area contributed by atoms with Gasteiger partial charge in [0.25, 0.3) is 0 Å². The summed E-state index contributed by atoms with van der Waals surface area (Å²) in [6.45, 7) is 2.03. The van der Waals surface area contributed by atoms with Gasteiger partial charge in [-0.2, -0.15) is 0 Å². The highest BCUT2D eigenvalue weighted by atomic mass is 32.1. The van der Waals surface area contributed by atoms with Gasteiger partial charge in [-0.25, -0.2) is 4.98 Å². The summed E-state index contributed by atoms with van der Waals surface area (Å²) >= 11 is 1.42. The van der Waals surface area contributed by atoms with Crippen LogP contribution in [0.5, 0.6) is 5.75 Å². The first-order valence-corrected chi connectivity index (χ1v) is 10.0. The summed E-state index contributed by atoms with van der Waals surface area (Å²) in [7, 11) is 5.67. The minimum absolute atomic E-state index is 0.0335. The molecule has 0 saturated carbocycles. The Morgan fingerprint density at radius 1 is 1.18 bits per heavy atom. The normalized spacial score (nSPS) is 10.6. The number of carbonyl (C=O) groups is 1. The number of hydrogen-bond acceptors (Lipinski definition) is 5. The first kappa shape index (κ1) is 19.9. The molecule has 0 fully saturated rings. The fourth-order valence-corrected chi connectivity index (χ4v) is 3.60. The Kier molecular flexibility index (Phi) is 6.31. The van der Waals surface area contributed by atoms with Gasteiger partial charge < -0.3 is 15.0 Å². The molecule has 3 aromatic rings. The average Bonchev–Trinajstić information content (AvgIpc) is 3.15. The van der Waals surface area contributed by atoms with Crippen molar-refractivity contribution in [2.75, 3.05) is 31.4 Å². The van der Waals surface area contributed by atoms with Crippen LogP contribution in [0.3, 0.4) is 0 Å². The largest absolute Gasteiger partial charge is 0.496 e. The van der Waals surface area contributed by atoms with Crippen LogP contribution in [0.25, 0.3) is 11.3 Å². The van der Waals surface area contributed by atoms with Gasteiger partial charge in [0.15, 0.2) is 5.13 Å². The Hall–Kier alpha value is -2.86. The number of carbonyl (C=O) groups excluding carboxylic acids is 1. The van der Waals surface area contributed by atoms with Crippen molar-refractivity contribution in [1.29, 1.82) is 0 Å². The van der Waals surface area contributed by atoms with E-state index >= 15 is 0 Å². The lowest BCUT2D eigenvalue weighted by Gasteiger charge is -2.12. The smallest absolute Gasteiger partial charge is 0.226 e. The molecule has 1 heterocycles. The van der Waals surface area contributed by atoms with Gasteiger partial charge in [-0.1, -0.05) is 23.8 Å². The molecule has 146 valence electrons. The molecule has 0 atom stereocenters. The third kappa shape index (κ3) is 4.89. The van der Waals surface area contributed by atoms with Crippen molar-refractivity contribution in [3.8, 4) is 17.0 Å². The van der Waals surface area contributed by atoms with E-state index in [-0.39, 0.29) is 5.91 Å². The number of thiazole rings is 1. The molecule has 5 nitrogen and oxygen atoms in total. The van der Waals surface area contributed by atoms with Gasteiger partial charge in [0.1, 0.15) is 5.75 Å². The van der Waals surface area contributed by atoms with E-state index < -0.39 is 0 Å². The van der Waals surface area contributed by atoms with Gasteiger partial charge in [0.05, 0.1) is 12.8 Å². The van der Waals surface area contributed by atoms with Gasteiger partial charge in [-0.05, 0) is 43.2 Å². The molecule has 6 heteroatoms. The fraction of sp³-hybridized carbons (Fsp3) is 0.273. The van der Waals surface area contributed by atoms with Gasteiger partial charge in [0.2, 0.25) is 5.91 Å². The van der Waals surface area contributed by atoms with Crippen LogP contribution >= 0.6 is 11.3 Å². The molecule has 3 rings (SSSR count). The van der Waals surface area contributed by atoms with Crippen molar-refractivity contribution in [2.45, 2.75) is 19.8 Å². The molecular weight excluding hydrogens is 370 g/mol. The first-order valence-electron chi connectivity index (χ1n) is 9.13. The molecule has 0 aliphatic carbocycles. The van der Waals surface area contributed by atoms with E-state index in [0.717, 1.165) is 33.8 Å². The lowest BCUT2D eigenvalue weighted by atomic mass is 10.1. The SMILES string of the molecule is COc1ccc(C)cc1-c1csc(NC(=O)CCc2ccc(N(C)C)cc2)n1. The molecule has 0 radical (unpaired) electrons. The van der Waals surface area contributed by atoms with Crippen LogP contribution in [0.15, 0.2) is 47.8 Å². The van der Waals surface area contributed by atoms with E-state index in [1.165, 1.54) is 11.3 Å². The van der Waals surface area contributed by atoms with Crippen LogP contribution in [-0.2, 0) is 11.2 Å². The number of hydrogen-bond donors (Lipinski definition) is 1. The highest BCUT2D eigenvalue weighted by molar-refractivity contribution is 7.14. The molecule has 28 heavy (non-hydrogen) atoms. The van der Waals surface area contributed by atoms with Crippen molar-refractivity contribution in [3.63, 3.8) is 0 Å². The highest BCUT2D eigenvalue weighted by Gasteiger charge is 2.12. The van der Waals surface area contributed by atoms with E-state index in [0.29, 0.717) is 18.0 Å². The topological polar surface area (TPSA) is 54.5 Å². The third-order valence-corrected chi connectivity index (χ3v) is 5.23. The highest BCUT2D eigenvalue weighted by Crippen LogP contribution is 2.33. The summed E-state index contributed by atoms with van der Waals surface area (Å²) in [5.74, 6) is 0.740. The molecule has 0 bridgehead atoms. The van der Waals surface area contributed by atoms with Crippen molar-refractivity contribution >= 4 is 28.1 Å². The molecule has 1 amide bonds. The quantitative estimate of drug-likeness (QED) is 0.626. The van der Waals surface area contributed by atoms with E-state index in [2.05, 4.69) is 39.5 Å². The molecule has 0 spiro atoms. The summed E-state index contributed by atoms with van der Waals surface area (Å²) < 4.78 is 5.43. The van der Waals surface area contributed by atoms with Gasteiger partial charge in [-0.15, -0.1) is 11.3 Å². The Morgan fingerprint density at radius 3 is 2.61 bits per heavy atom. The molecule has 1 aromatic heterocycles. The molecule has 0 saturated heterocycles. The van der Waals surface area contributed by atoms with Gasteiger partial charge >= 0.3 is 0 Å². The second-order valence-electron chi connectivity index (χ2n) is 6.85. The maximum Gasteiger partial charge on any atom is 0.226 e. The number of amides is 1. The number of nitrogens with one attached hydrogen (secondary N) is 1. The van der Waals surface area contributed by atoms with Crippen molar-refractivity contribution in [3.05, 3.63) is 59.0 Å². The maximum atomic E-state index is 12.3. The van der Waals surface area contributed by atoms with Gasteiger partial charge in [-0.3, -0.25) is 4.79 Å². The Labute approximate surface area is 170 Å². The standard InChI is InChI=1S/C22H25N3O2S/c1-15-5-11-20(27-4)18(13-15)19-14-28-22(23-19)24-21(26)12-8-16-6-9-17(10-7-16)25(2)3/h5-7,9-11,13-14H,8,12H2,1-4H3,(H,23,24,26). The lowest BCUT2D eigenvalue weighted by molar-refractivity contribution is -0.116. The van der Waals surface area contributed by atoms with Crippen LogP contribution < -0.4 is 15.0 Å². The number of nitrogens with zero attached hydrogens (tertiary/aromatic N) is 2. The molecule has 0 aliphatic rings. The van der Waals surface area contributed by atoms with Crippen LogP contribution in [0.1, 0.15) is 17.5 Å². The summed E-state index contributed by atoms with van der Waals surface area (Å²) in [5.41, 5.74) is 5.16. The van der Waals surface area contributed by atoms with E-state index in [1.807, 2.05) is 44.6 Å². The number of anilines is 2. The lowest BCUT2D eigenvalue weighted by Crippen LogP contribution is -2.12. The fourth-order valence-electron chi connectivity index (χ4n) is 2.88. The predicted octanol–water partition coefficient (Wildman–Crippen LogP) is 4.76. The summed E-state index contributed by atoms with van der Waals surface area (Å²) in [6, 6.07) is 14.2. The molecule has 2 aromatic carbocycles. The summed E-state index contributed by atoms with van der Waals surface area (Å²) in [6.07, 6.45) is 1.12. The van der Waals surface area contributed by atoms with Gasteiger partial charge in [0, 0.05) is 37.1 Å². The number of benzene rings is 2. The number of methoxy groups -OCH3 is 1. The second kappa shape index (κ2) is 8.89. The molecular formula is C22H25N3O2S. The number of rotatable bonds is 7. The first-order chi connectivity index (χ1) is 13.5. The minimum Gasteiger partial charge on any atom is -0.496 e. The van der Waals surface area contributed by atoms with Crippen molar-refractivity contribution in [1.82, 2.24) is 4.98 Å². The Bertz CT molecular complexity index is 949. The molecule has 0 unspecified atom stereocenters. The zero-order valence-electron chi connectivity index (χ0n) is 16.7. The van der Waals surface area contributed by atoms with Crippen LogP contribution in [-0.4, -0.2) is 32.1 Å². The Morgan fingerprint density at radius 2 is 1.93 bits per heavy atom. The number of aryl methyl sites for hydroxylation is 2. The van der Waals surface area contributed by atoms with E-state index in [9.17, 15) is 4.79 Å².